The van der Waals surface area contributed by atoms with Crippen LogP contribution in [0.4, 0.5) is 0 Å². The number of esters is 2. The van der Waals surface area contributed by atoms with Crippen molar-refractivity contribution in [2.24, 2.45) is 0 Å². The van der Waals surface area contributed by atoms with Crippen molar-refractivity contribution in [3.8, 4) is 0 Å². The number of quaternary nitrogens is 1. The fourth-order valence-electron chi connectivity index (χ4n) is 5.95. The smallest absolute Gasteiger partial charge is 0.306 e. The zero-order valence-corrected chi connectivity index (χ0v) is 31.9. The van der Waals surface area contributed by atoms with Gasteiger partial charge < -0.3 is 27.9 Å². The highest BCUT2D eigenvalue weighted by Gasteiger charge is 2.34. The molecule has 0 aromatic heterocycles. The van der Waals surface area contributed by atoms with Gasteiger partial charge in [-0.15, -0.1) is 0 Å². The molecular formula is C37H74NO7P. The molecule has 0 fully saturated rings. The van der Waals surface area contributed by atoms with E-state index in [0.717, 1.165) is 38.5 Å². The van der Waals surface area contributed by atoms with Crippen LogP contribution in [-0.4, -0.2) is 62.7 Å². The zero-order valence-electron chi connectivity index (χ0n) is 31.0. The predicted molar refractivity (Wildman–Crippen MR) is 189 cm³/mol. The third kappa shape index (κ3) is 26.1. The lowest BCUT2D eigenvalue weighted by molar-refractivity contribution is -0.884. The average Bonchev–Trinajstić information content (AvgIpc) is 2.99. The SMILES string of the molecule is CCCCCCCCCCCCCCCC(=O)OC[C@H](COP(=O)([O-])C(CC)[N+](C)(C)C)OC(=O)CCCCCCCCCCC. The van der Waals surface area contributed by atoms with Gasteiger partial charge in [0, 0.05) is 19.3 Å². The monoisotopic (exact) mass is 676 g/mol. The second-order valence-corrected chi connectivity index (χ2v) is 16.1. The van der Waals surface area contributed by atoms with E-state index in [9.17, 15) is 19.0 Å². The molecule has 2 unspecified atom stereocenters. The van der Waals surface area contributed by atoms with E-state index in [2.05, 4.69) is 13.8 Å². The second kappa shape index (κ2) is 29.0. The van der Waals surface area contributed by atoms with Gasteiger partial charge in [0.15, 0.2) is 19.5 Å². The Hall–Kier alpha value is -0.950. The van der Waals surface area contributed by atoms with Crippen molar-refractivity contribution < 1.29 is 37.5 Å². The molecule has 0 aliphatic rings. The molecule has 3 atom stereocenters. The molecule has 46 heavy (non-hydrogen) atoms. The van der Waals surface area contributed by atoms with Gasteiger partial charge in [-0.25, -0.2) is 0 Å². The Kier molecular flexibility index (Phi) is 28.4. The standard InChI is InChI=1S/C37H74NO7P/c1-7-10-12-14-16-18-19-20-21-23-24-26-28-30-36(39)43-32-34(33-44-46(41,42)35(9-3)38(4,5)6)45-37(40)31-29-27-25-22-17-15-13-11-8-2/h34-35H,7-33H2,1-6H3/t34-,35?/m1/s1. The summed E-state index contributed by atoms with van der Waals surface area (Å²) in [6.07, 6.45) is 26.3. The normalized spacial score (nSPS) is 14.5. The summed E-state index contributed by atoms with van der Waals surface area (Å²) in [7, 11) is 1.16. The fraction of sp³-hybridized carbons (Fsp3) is 0.946. The summed E-state index contributed by atoms with van der Waals surface area (Å²) >= 11 is 0. The van der Waals surface area contributed by atoms with Crippen LogP contribution in [0.25, 0.3) is 0 Å². The van der Waals surface area contributed by atoms with Crippen LogP contribution in [0, 0.1) is 0 Å². The molecule has 0 bridgehead atoms. The maximum Gasteiger partial charge on any atom is 0.306 e. The number of hydrogen-bond donors (Lipinski definition) is 0. The van der Waals surface area contributed by atoms with Crippen LogP contribution in [0.1, 0.15) is 181 Å². The van der Waals surface area contributed by atoms with Gasteiger partial charge in [0.05, 0.1) is 27.7 Å². The Bertz CT molecular complexity index is 786. The van der Waals surface area contributed by atoms with E-state index in [-0.39, 0.29) is 30.1 Å². The molecule has 9 heteroatoms. The first kappa shape index (κ1) is 45.0. The number of rotatable bonds is 33. The summed E-state index contributed by atoms with van der Waals surface area (Å²) in [6.45, 7) is 5.71. The van der Waals surface area contributed by atoms with Gasteiger partial charge in [-0.3, -0.25) is 9.59 Å². The third-order valence-electron chi connectivity index (χ3n) is 8.76. The van der Waals surface area contributed by atoms with Crippen molar-refractivity contribution in [3.05, 3.63) is 0 Å². The number of nitrogens with zero attached hydrogens (tertiary/aromatic N) is 1. The number of hydrogen-bond acceptors (Lipinski definition) is 7. The lowest BCUT2D eigenvalue weighted by Gasteiger charge is -2.41. The number of unbranched alkanes of at least 4 members (excludes halogenated alkanes) is 20. The van der Waals surface area contributed by atoms with Crippen LogP contribution >= 0.6 is 7.60 Å². The average molecular weight is 676 g/mol. The maximum absolute atomic E-state index is 13.0. The summed E-state index contributed by atoms with van der Waals surface area (Å²) < 4.78 is 29.6. The first-order valence-corrected chi connectivity index (χ1v) is 20.7. The topological polar surface area (TPSA) is 102 Å². The van der Waals surface area contributed by atoms with E-state index < -0.39 is 25.5 Å². The molecular weight excluding hydrogens is 601 g/mol. The van der Waals surface area contributed by atoms with Gasteiger partial charge in [-0.1, -0.05) is 149 Å². The van der Waals surface area contributed by atoms with Gasteiger partial charge in [0.1, 0.15) is 6.61 Å². The Labute approximate surface area is 284 Å². The van der Waals surface area contributed by atoms with E-state index in [1.54, 1.807) is 0 Å². The summed E-state index contributed by atoms with van der Waals surface area (Å²) in [5, 5.41) is 0. The van der Waals surface area contributed by atoms with Crippen LogP contribution in [0.15, 0.2) is 0 Å². The molecule has 0 aliphatic heterocycles. The molecule has 0 heterocycles. The molecule has 8 nitrogen and oxygen atoms in total. The largest absolute Gasteiger partial charge is 0.774 e. The molecule has 0 radical (unpaired) electrons. The van der Waals surface area contributed by atoms with Crippen LogP contribution in [0.5, 0.6) is 0 Å². The van der Waals surface area contributed by atoms with Crippen molar-refractivity contribution in [2.75, 3.05) is 34.4 Å². The molecule has 274 valence electrons. The van der Waals surface area contributed by atoms with E-state index in [4.69, 9.17) is 14.0 Å². The van der Waals surface area contributed by atoms with Gasteiger partial charge in [-0.05, 0) is 12.8 Å². The van der Waals surface area contributed by atoms with Gasteiger partial charge in [0.25, 0.3) is 0 Å². The summed E-state index contributed by atoms with van der Waals surface area (Å²) in [5.41, 5.74) is 0. The quantitative estimate of drug-likeness (QED) is 0.0295. The van der Waals surface area contributed by atoms with Crippen LogP contribution in [-0.2, 0) is 28.2 Å². The van der Waals surface area contributed by atoms with Gasteiger partial charge >= 0.3 is 11.9 Å². The number of ether oxygens (including phenoxy) is 2. The van der Waals surface area contributed by atoms with E-state index in [0.29, 0.717) is 12.8 Å². The molecule has 0 spiro atoms. The van der Waals surface area contributed by atoms with Crippen molar-refractivity contribution in [1.82, 2.24) is 0 Å². The van der Waals surface area contributed by atoms with Crippen LogP contribution in [0.2, 0.25) is 0 Å². The molecule has 0 N–H and O–H groups in total. The first-order chi connectivity index (χ1) is 22.0. The second-order valence-electron chi connectivity index (χ2n) is 14.2. The highest BCUT2D eigenvalue weighted by atomic mass is 31.2. The Morgan fingerprint density at radius 3 is 1.33 bits per heavy atom. The Morgan fingerprint density at radius 2 is 0.957 bits per heavy atom. The van der Waals surface area contributed by atoms with E-state index in [1.165, 1.54) is 103 Å². The summed E-state index contributed by atoms with van der Waals surface area (Å²) in [4.78, 5) is 38.1. The molecule has 0 saturated heterocycles. The molecule has 0 rings (SSSR count). The predicted octanol–water partition coefficient (Wildman–Crippen LogP) is 9.86. The minimum absolute atomic E-state index is 0.203. The maximum atomic E-state index is 13.0. The Morgan fingerprint density at radius 1 is 0.587 bits per heavy atom. The molecule has 0 aromatic carbocycles. The van der Waals surface area contributed by atoms with Crippen molar-refractivity contribution >= 4 is 19.5 Å². The minimum atomic E-state index is -4.27. The summed E-state index contributed by atoms with van der Waals surface area (Å²) in [6, 6.07) is 0. The van der Waals surface area contributed by atoms with E-state index in [1.807, 2.05) is 28.1 Å². The Balaban J connectivity index is 4.53. The lowest BCUT2D eigenvalue weighted by Crippen LogP contribution is -2.47. The molecule has 0 saturated carbocycles. The number of carbonyl (C=O) groups excluding carboxylic acids is 2. The molecule has 0 aliphatic carbocycles. The molecule has 0 aromatic rings. The molecule has 0 amide bonds. The lowest BCUT2D eigenvalue weighted by atomic mass is 10.0. The van der Waals surface area contributed by atoms with E-state index >= 15 is 0 Å². The number of carbonyl (C=O) groups is 2. The highest BCUT2D eigenvalue weighted by Crippen LogP contribution is 2.47. The van der Waals surface area contributed by atoms with Crippen LogP contribution in [0.3, 0.4) is 0 Å². The van der Waals surface area contributed by atoms with Crippen molar-refractivity contribution in [1.29, 1.82) is 0 Å². The van der Waals surface area contributed by atoms with Crippen LogP contribution < -0.4 is 4.89 Å². The summed E-state index contributed by atoms with van der Waals surface area (Å²) in [5.74, 6) is -1.50. The highest BCUT2D eigenvalue weighted by molar-refractivity contribution is 7.51. The van der Waals surface area contributed by atoms with Gasteiger partial charge in [-0.2, -0.15) is 0 Å². The fourth-order valence-corrected chi connectivity index (χ4v) is 7.80. The van der Waals surface area contributed by atoms with Crippen molar-refractivity contribution in [3.63, 3.8) is 0 Å². The first-order valence-electron chi connectivity index (χ1n) is 19.1. The van der Waals surface area contributed by atoms with Gasteiger partial charge in [0.2, 0.25) is 0 Å². The minimum Gasteiger partial charge on any atom is -0.774 e. The zero-order chi connectivity index (χ0) is 34.5. The third-order valence-corrected chi connectivity index (χ3v) is 11.1. The van der Waals surface area contributed by atoms with Crippen molar-refractivity contribution in [2.45, 2.75) is 193 Å².